The van der Waals surface area contributed by atoms with E-state index >= 15 is 0 Å². The molecule has 1 aromatic rings. The second kappa shape index (κ2) is 5.75. The number of rotatable bonds is 3. The highest BCUT2D eigenvalue weighted by atomic mass is 16.3. The molecule has 1 aliphatic carbocycles. The summed E-state index contributed by atoms with van der Waals surface area (Å²) in [5.41, 5.74) is 1.43. The van der Waals surface area contributed by atoms with Crippen LogP contribution in [0.1, 0.15) is 56.3 Å². The molecule has 0 bridgehead atoms. The molecule has 1 aromatic carbocycles. The first kappa shape index (κ1) is 14.1. The number of aryl methyl sites for hydroxylation is 1. The van der Waals surface area contributed by atoms with Gasteiger partial charge in [0.15, 0.2) is 0 Å². The van der Waals surface area contributed by atoms with Crippen molar-refractivity contribution in [3.05, 3.63) is 35.4 Å². The van der Waals surface area contributed by atoms with E-state index in [9.17, 15) is 10.4 Å². The van der Waals surface area contributed by atoms with E-state index in [-0.39, 0.29) is 0 Å². The Labute approximate surface area is 116 Å². The summed E-state index contributed by atoms with van der Waals surface area (Å²) in [7, 11) is 0. The van der Waals surface area contributed by atoms with Crippen molar-refractivity contribution in [3.63, 3.8) is 0 Å². The number of aliphatic hydroxyl groups is 1. The first-order chi connectivity index (χ1) is 9.11. The number of nitrogens with zero attached hydrogens (tertiary/aromatic N) is 1. The van der Waals surface area contributed by atoms with Gasteiger partial charge in [-0.15, -0.1) is 0 Å². The molecular weight excluding hydrogens is 234 g/mol. The van der Waals surface area contributed by atoms with Crippen molar-refractivity contribution in [2.75, 3.05) is 0 Å². The van der Waals surface area contributed by atoms with Crippen LogP contribution in [0.25, 0.3) is 0 Å². The van der Waals surface area contributed by atoms with Crippen LogP contribution in [0.4, 0.5) is 0 Å². The van der Waals surface area contributed by atoms with E-state index < -0.39 is 11.5 Å². The zero-order valence-electron chi connectivity index (χ0n) is 11.9. The van der Waals surface area contributed by atoms with Crippen molar-refractivity contribution in [2.24, 2.45) is 11.3 Å². The SMILES string of the molecule is CCC1CCCC(C#N)(C(O)c2cccc(C)c2)C1. The zero-order chi connectivity index (χ0) is 13.9. The summed E-state index contributed by atoms with van der Waals surface area (Å²) in [5.74, 6) is 0.577. The first-order valence-corrected chi connectivity index (χ1v) is 7.27. The third-order valence-electron chi connectivity index (χ3n) is 4.57. The Kier molecular flexibility index (Phi) is 4.27. The number of benzene rings is 1. The molecule has 0 spiro atoms. The predicted octanol–water partition coefficient (Wildman–Crippen LogP) is 4.14. The van der Waals surface area contributed by atoms with Gasteiger partial charge in [0.05, 0.1) is 17.6 Å². The van der Waals surface area contributed by atoms with Crippen molar-refractivity contribution in [3.8, 4) is 6.07 Å². The molecule has 0 heterocycles. The lowest BCUT2D eigenvalue weighted by atomic mass is 9.65. The molecule has 2 rings (SSSR count). The third kappa shape index (κ3) is 2.82. The fraction of sp³-hybridized carbons (Fsp3) is 0.588. The summed E-state index contributed by atoms with van der Waals surface area (Å²) in [6.07, 6.45) is 4.33. The Morgan fingerprint density at radius 1 is 1.53 bits per heavy atom. The van der Waals surface area contributed by atoms with Crippen LogP contribution in [0.5, 0.6) is 0 Å². The highest BCUT2D eigenvalue weighted by molar-refractivity contribution is 5.27. The maximum absolute atomic E-state index is 10.7. The quantitative estimate of drug-likeness (QED) is 0.884. The van der Waals surface area contributed by atoms with Crippen molar-refractivity contribution < 1.29 is 5.11 Å². The second-order valence-electron chi connectivity index (χ2n) is 5.96. The van der Waals surface area contributed by atoms with Crippen LogP contribution in [-0.4, -0.2) is 5.11 Å². The monoisotopic (exact) mass is 257 g/mol. The van der Waals surface area contributed by atoms with Crippen LogP contribution < -0.4 is 0 Å². The van der Waals surface area contributed by atoms with Gasteiger partial charge in [0.1, 0.15) is 0 Å². The Balaban J connectivity index is 2.28. The van der Waals surface area contributed by atoms with Crippen molar-refractivity contribution in [1.82, 2.24) is 0 Å². The predicted molar refractivity (Wildman–Crippen MR) is 76.4 cm³/mol. The minimum Gasteiger partial charge on any atom is -0.387 e. The molecule has 3 atom stereocenters. The topological polar surface area (TPSA) is 44.0 Å². The van der Waals surface area contributed by atoms with Crippen molar-refractivity contribution >= 4 is 0 Å². The molecule has 1 N–H and O–H groups in total. The number of hydrogen-bond donors (Lipinski definition) is 1. The molecule has 19 heavy (non-hydrogen) atoms. The maximum atomic E-state index is 10.7. The molecule has 1 saturated carbocycles. The number of nitriles is 1. The Morgan fingerprint density at radius 2 is 2.32 bits per heavy atom. The van der Waals surface area contributed by atoms with Gasteiger partial charge in [-0.1, -0.05) is 56.0 Å². The molecule has 0 saturated heterocycles. The minimum absolute atomic E-state index is 0.577. The Bertz CT molecular complexity index is 476. The molecule has 2 nitrogen and oxygen atoms in total. The number of aliphatic hydroxyl groups excluding tert-OH is 1. The first-order valence-electron chi connectivity index (χ1n) is 7.27. The van der Waals surface area contributed by atoms with Gasteiger partial charge in [0, 0.05) is 0 Å². The van der Waals surface area contributed by atoms with Crippen LogP contribution in [0.2, 0.25) is 0 Å². The molecule has 0 aliphatic heterocycles. The highest BCUT2D eigenvalue weighted by Crippen LogP contribution is 2.48. The Hall–Kier alpha value is -1.33. The molecule has 2 heteroatoms. The van der Waals surface area contributed by atoms with Crippen LogP contribution in [0, 0.1) is 29.6 Å². The molecule has 1 fully saturated rings. The minimum atomic E-state index is -0.660. The highest BCUT2D eigenvalue weighted by Gasteiger charge is 2.42. The van der Waals surface area contributed by atoms with Crippen LogP contribution in [-0.2, 0) is 0 Å². The van der Waals surface area contributed by atoms with E-state index in [0.29, 0.717) is 5.92 Å². The van der Waals surface area contributed by atoms with E-state index in [1.807, 2.05) is 31.2 Å². The number of hydrogen-bond acceptors (Lipinski definition) is 2. The summed E-state index contributed by atoms with van der Waals surface area (Å²) in [6, 6.07) is 10.4. The average molecular weight is 257 g/mol. The largest absolute Gasteiger partial charge is 0.387 e. The third-order valence-corrected chi connectivity index (χ3v) is 4.57. The molecule has 1 aliphatic rings. The van der Waals surface area contributed by atoms with Gasteiger partial charge in [-0.05, 0) is 31.2 Å². The molecule has 0 radical (unpaired) electrons. The van der Waals surface area contributed by atoms with E-state index in [4.69, 9.17) is 0 Å². The molecule has 102 valence electrons. The molecular formula is C17H23NO. The van der Waals surface area contributed by atoms with Crippen LogP contribution in [0.15, 0.2) is 24.3 Å². The standard InChI is InChI=1S/C17H23NO/c1-3-14-7-5-9-17(11-14,12-18)16(19)15-8-4-6-13(2)10-15/h4,6,8,10,14,16,19H,3,5,7,9,11H2,1-2H3. The van der Waals surface area contributed by atoms with Crippen molar-refractivity contribution in [2.45, 2.75) is 52.1 Å². The van der Waals surface area contributed by atoms with Crippen LogP contribution in [0.3, 0.4) is 0 Å². The molecule has 0 amide bonds. The van der Waals surface area contributed by atoms with Gasteiger partial charge < -0.3 is 5.11 Å². The van der Waals surface area contributed by atoms with Gasteiger partial charge in [-0.25, -0.2) is 0 Å². The smallest absolute Gasteiger partial charge is 0.0976 e. The van der Waals surface area contributed by atoms with Gasteiger partial charge >= 0.3 is 0 Å². The van der Waals surface area contributed by atoms with Gasteiger partial charge in [0.25, 0.3) is 0 Å². The lowest BCUT2D eigenvalue weighted by Crippen LogP contribution is -2.33. The van der Waals surface area contributed by atoms with Crippen molar-refractivity contribution in [1.29, 1.82) is 5.26 Å². The zero-order valence-corrected chi connectivity index (χ0v) is 11.9. The van der Waals surface area contributed by atoms with Gasteiger partial charge in [0.2, 0.25) is 0 Å². The summed E-state index contributed by atoms with van der Waals surface area (Å²) < 4.78 is 0. The van der Waals surface area contributed by atoms with Gasteiger partial charge in [-0.2, -0.15) is 5.26 Å². The van der Waals surface area contributed by atoms with E-state index in [1.54, 1.807) is 0 Å². The van der Waals surface area contributed by atoms with E-state index in [2.05, 4.69) is 13.0 Å². The van der Waals surface area contributed by atoms with Crippen LogP contribution >= 0.6 is 0 Å². The summed E-state index contributed by atoms with van der Waals surface area (Å²) in [6.45, 7) is 4.20. The average Bonchev–Trinajstić information content (AvgIpc) is 2.46. The summed E-state index contributed by atoms with van der Waals surface area (Å²) in [5, 5.41) is 20.4. The fourth-order valence-corrected chi connectivity index (χ4v) is 3.34. The molecule has 0 aromatic heterocycles. The fourth-order valence-electron chi connectivity index (χ4n) is 3.34. The maximum Gasteiger partial charge on any atom is 0.0976 e. The second-order valence-corrected chi connectivity index (χ2v) is 5.96. The van der Waals surface area contributed by atoms with E-state index in [1.165, 1.54) is 6.42 Å². The normalized spacial score (nSPS) is 28.6. The lowest BCUT2D eigenvalue weighted by Gasteiger charge is -2.39. The summed E-state index contributed by atoms with van der Waals surface area (Å²) >= 11 is 0. The Morgan fingerprint density at radius 3 is 2.95 bits per heavy atom. The van der Waals surface area contributed by atoms with Gasteiger partial charge in [-0.3, -0.25) is 0 Å². The van der Waals surface area contributed by atoms with E-state index in [0.717, 1.165) is 36.8 Å². The summed E-state index contributed by atoms with van der Waals surface area (Å²) in [4.78, 5) is 0. The molecule has 3 unspecified atom stereocenters. The lowest BCUT2D eigenvalue weighted by molar-refractivity contribution is 0.0185.